The van der Waals surface area contributed by atoms with Gasteiger partial charge in [-0.05, 0) is 19.2 Å². The number of carbonyl (C=O) groups excluding carboxylic acids is 1. The number of rotatable bonds is 4. The number of nitrogens with one attached hydrogen (secondary N) is 2. The molecular formula is C23H27Cl2N5O2. The molecule has 0 aromatic heterocycles. The number of nitrogens with zero attached hydrogens (tertiary/aromatic N) is 3. The van der Waals surface area contributed by atoms with Gasteiger partial charge in [0, 0.05) is 55.2 Å². The number of likely N-dealkylation sites (N-methyl/N-ethyl adjacent to an activating group) is 1. The lowest BCUT2D eigenvalue weighted by Crippen LogP contribution is -2.45. The van der Waals surface area contributed by atoms with E-state index in [4.69, 9.17) is 4.84 Å². The third kappa shape index (κ3) is 4.61. The second kappa shape index (κ2) is 10.4. The number of fused-ring (bicyclic) bond motifs is 2. The summed E-state index contributed by atoms with van der Waals surface area (Å²) in [6.07, 6.45) is 0. The topological polar surface area (TPSA) is 69.2 Å². The summed E-state index contributed by atoms with van der Waals surface area (Å²) in [5.41, 5.74) is 5.53. The molecule has 7 nitrogen and oxygen atoms in total. The summed E-state index contributed by atoms with van der Waals surface area (Å²) in [5.74, 6) is -0.128. The van der Waals surface area contributed by atoms with Crippen LogP contribution in [0.1, 0.15) is 11.1 Å². The third-order valence-corrected chi connectivity index (χ3v) is 5.85. The number of hydrogen-bond donors (Lipinski definition) is 2. The predicted molar refractivity (Wildman–Crippen MR) is 133 cm³/mol. The molecule has 0 unspecified atom stereocenters. The SMILES string of the molecule is CN1CCN(CCO/N=C2/C(=C3/C(=O)Nc4ccccc43)Nc3ccccc32)CC1.Cl.Cl. The Morgan fingerprint density at radius 2 is 1.53 bits per heavy atom. The van der Waals surface area contributed by atoms with Crippen molar-refractivity contribution in [3.63, 3.8) is 0 Å². The second-order valence-corrected chi connectivity index (χ2v) is 7.84. The zero-order chi connectivity index (χ0) is 20.5. The first-order valence-electron chi connectivity index (χ1n) is 10.3. The number of carbonyl (C=O) groups is 1. The Balaban J connectivity index is 0.00000144. The molecule has 1 saturated heterocycles. The fraction of sp³-hybridized carbons (Fsp3) is 0.304. The van der Waals surface area contributed by atoms with Gasteiger partial charge in [-0.3, -0.25) is 9.69 Å². The van der Waals surface area contributed by atoms with Crippen LogP contribution < -0.4 is 10.6 Å². The maximum atomic E-state index is 12.8. The van der Waals surface area contributed by atoms with Crippen molar-refractivity contribution in [1.29, 1.82) is 0 Å². The number of piperazine rings is 1. The van der Waals surface area contributed by atoms with Crippen LogP contribution in [0.5, 0.6) is 0 Å². The largest absolute Gasteiger partial charge is 0.394 e. The van der Waals surface area contributed by atoms with Crippen molar-refractivity contribution < 1.29 is 9.63 Å². The molecule has 0 radical (unpaired) electrons. The van der Waals surface area contributed by atoms with Gasteiger partial charge in [0.25, 0.3) is 5.91 Å². The number of allylic oxidation sites excluding steroid dienone is 1. The first-order valence-corrected chi connectivity index (χ1v) is 10.3. The van der Waals surface area contributed by atoms with Gasteiger partial charge in [0.05, 0.1) is 11.3 Å². The molecule has 0 atom stereocenters. The third-order valence-electron chi connectivity index (χ3n) is 5.85. The van der Waals surface area contributed by atoms with E-state index < -0.39 is 0 Å². The molecule has 2 aromatic carbocycles. The Bertz CT molecular complexity index is 1050. The van der Waals surface area contributed by atoms with Gasteiger partial charge < -0.3 is 20.4 Å². The summed E-state index contributed by atoms with van der Waals surface area (Å²) in [5, 5.41) is 10.8. The molecule has 0 saturated carbocycles. The summed E-state index contributed by atoms with van der Waals surface area (Å²) >= 11 is 0. The average Bonchev–Trinajstić information content (AvgIpc) is 3.28. The van der Waals surface area contributed by atoms with E-state index in [0.29, 0.717) is 23.6 Å². The van der Waals surface area contributed by atoms with Crippen LogP contribution in [0.2, 0.25) is 0 Å². The molecular weight excluding hydrogens is 449 g/mol. The quantitative estimate of drug-likeness (QED) is 0.403. The van der Waals surface area contributed by atoms with Crippen LogP contribution in [0.25, 0.3) is 5.57 Å². The Kier molecular flexibility index (Phi) is 7.79. The molecule has 1 fully saturated rings. The van der Waals surface area contributed by atoms with E-state index in [2.05, 4.69) is 32.6 Å². The van der Waals surface area contributed by atoms with Gasteiger partial charge in [0.15, 0.2) is 0 Å². The van der Waals surface area contributed by atoms with Crippen molar-refractivity contribution in [3.05, 3.63) is 65.4 Å². The number of oxime groups is 1. The highest BCUT2D eigenvalue weighted by Gasteiger charge is 2.34. The van der Waals surface area contributed by atoms with E-state index >= 15 is 0 Å². The Labute approximate surface area is 200 Å². The first-order chi connectivity index (χ1) is 14.7. The summed E-state index contributed by atoms with van der Waals surface area (Å²) in [4.78, 5) is 23.2. The number of benzene rings is 2. The Hall–Kier alpha value is -2.58. The maximum absolute atomic E-state index is 12.8. The van der Waals surface area contributed by atoms with Gasteiger partial charge in [-0.1, -0.05) is 41.6 Å². The average molecular weight is 476 g/mol. The van der Waals surface area contributed by atoms with Crippen molar-refractivity contribution in [2.45, 2.75) is 0 Å². The lowest BCUT2D eigenvalue weighted by atomic mass is 10.0. The molecule has 2 N–H and O–H groups in total. The molecule has 5 rings (SSSR count). The molecule has 9 heteroatoms. The predicted octanol–water partition coefficient (Wildman–Crippen LogP) is 3.29. The van der Waals surface area contributed by atoms with Crippen molar-refractivity contribution in [3.8, 4) is 0 Å². The molecule has 3 heterocycles. The van der Waals surface area contributed by atoms with E-state index in [1.165, 1.54) is 0 Å². The lowest BCUT2D eigenvalue weighted by molar-refractivity contribution is -0.110. The van der Waals surface area contributed by atoms with Crippen LogP contribution in [-0.4, -0.2) is 67.8 Å². The minimum absolute atomic E-state index is 0. The van der Waals surface area contributed by atoms with Crippen LogP contribution in [0.15, 0.2) is 59.4 Å². The molecule has 3 aliphatic rings. The molecule has 0 spiro atoms. The molecule has 32 heavy (non-hydrogen) atoms. The van der Waals surface area contributed by atoms with Crippen LogP contribution in [-0.2, 0) is 9.63 Å². The molecule has 0 bridgehead atoms. The van der Waals surface area contributed by atoms with Gasteiger partial charge in [-0.2, -0.15) is 0 Å². The van der Waals surface area contributed by atoms with Gasteiger partial charge in [0.2, 0.25) is 0 Å². The summed E-state index contributed by atoms with van der Waals surface area (Å²) < 4.78 is 0. The van der Waals surface area contributed by atoms with Crippen molar-refractivity contribution >= 4 is 53.4 Å². The summed E-state index contributed by atoms with van der Waals surface area (Å²) in [6, 6.07) is 15.6. The standard InChI is InChI=1S/C23H25N5O2.2ClH/c1-27-10-12-28(13-11-27)14-15-30-26-21-17-7-3-5-9-19(17)24-22(21)20-16-6-2-4-8-18(16)25-23(20)29;;/h2-9,24H,10-15H2,1H3,(H,25,29);2*1H/b22-20-,26-21+;;. The number of halogens is 2. The van der Waals surface area contributed by atoms with E-state index in [1.54, 1.807) is 0 Å². The van der Waals surface area contributed by atoms with Gasteiger partial charge in [-0.25, -0.2) is 0 Å². The van der Waals surface area contributed by atoms with Gasteiger partial charge >= 0.3 is 0 Å². The maximum Gasteiger partial charge on any atom is 0.258 e. The van der Waals surface area contributed by atoms with Crippen molar-refractivity contribution in [2.75, 3.05) is 57.0 Å². The fourth-order valence-electron chi connectivity index (χ4n) is 4.12. The Morgan fingerprint density at radius 3 is 2.25 bits per heavy atom. The van der Waals surface area contributed by atoms with E-state index in [0.717, 1.165) is 55.2 Å². The van der Waals surface area contributed by atoms with Gasteiger partial charge in [0.1, 0.15) is 12.3 Å². The van der Waals surface area contributed by atoms with E-state index in [-0.39, 0.29) is 30.7 Å². The summed E-state index contributed by atoms with van der Waals surface area (Å²) in [7, 11) is 2.15. The van der Waals surface area contributed by atoms with E-state index in [1.807, 2.05) is 48.5 Å². The monoisotopic (exact) mass is 475 g/mol. The fourth-order valence-corrected chi connectivity index (χ4v) is 4.12. The van der Waals surface area contributed by atoms with E-state index in [9.17, 15) is 4.79 Å². The highest BCUT2D eigenvalue weighted by molar-refractivity contribution is 6.39. The number of para-hydroxylation sites is 2. The summed E-state index contributed by atoms with van der Waals surface area (Å²) in [6.45, 7) is 5.61. The molecule has 0 aliphatic carbocycles. The second-order valence-electron chi connectivity index (χ2n) is 7.84. The minimum atomic E-state index is -0.128. The highest BCUT2D eigenvalue weighted by atomic mass is 35.5. The zero-order valence-electron chi connectivity index (χ0n) is 17.8. The van der Waals surface area contributed by atoms with Crippen molar-refractivity contribution in [2.24, 2.45) is 5.16 Å². The van der Waals surface area contributed by atoms with Gasteiger partial charge in [-0.15, -0.1) is 24.8 Å². The molecule has 1 amide bonds. The molecule has 170 valence electrons. The minimum Gasteiger partial charge on any atom is -0.394 e. The number of hydrogen-bond acceptors (Lipinski definition) is 6. The Morgan fingerprint density at radius 1 is 0.906 bits per heavy atom. The lowest BCUT2D eigenvalue weighted by Gasteiger charge is -2.31. The molecule has 3 aliphatic heterocycles. The number of amides is 1. The number of anilines is 2. The first kappa shape index (κ1) is 24.1. The smallest absolute Gasteiger partial charge is 0.258 e. The highest BCUT2D eigenvalue weighted by Crippen LogP contribution is 2.38. The van der Waals surface area contributed by atoms with Crippen LogP contribution in [0.3, 0.4) is 0 Å². The van der Waals surface area contributed by atoms with Crippen LogP contribution in [0.4, 0.5) is 11.4 Å². The molecule has 2 aromatic rings. The van der Waals surface area contributed by atoms with Crippen LogP contribution >= 0.6 is 24.8 Å². The van der Waals surface area contributed by atoms with Crippen molar-refractivity contribution in [1.82, 2.24) is 9.80 Å². The zero-order valence-corrected chi connectivity index (χ0v) is 19.5. The van der Waals surface area contributed by atoms with Crippen LogP contribution in [0, 0.1) is 0 Å². The normalized spacial score (nSPS) is 21.2.